The predicted molar refractivity (Wildman–Crippen MR) is 85.4 cm³/mol. The molecule has 6 nitrogen and oxygen atoms in total. The number of piperazine rings is 1. The molecule has 0 aliphatic carbocycles. The molecule has 7 heteroatoms. The minimum Gasteiger partial charge on any atom is -0.358 e. The van der Waals surface area contributed by atoms with Gasteiger partial charge < -0.3 is 15.5 Å². The number of likely N-dealkylation sites (N-methyl/N-ethyl adjacent to an activating group) is 1. The molecule has 120 valence electrons. The van der Waals surface area contributed by atoms with Crippen LogP contribution in [0.4, 0.5) is 0 Å². The van der Waals surface area contributed by atoms with Crippen LogP contribution in [0.5, 0.6) is 0 Å². The highest BCUT2D eigenvalue weighted by atomic mass is 32.2. The van der Waals surface area contributed by atoms with Gasteiger partial charge in [0.05, 0.1) is 12.3 Å². The molecule has 2 saturated heterocycles. The van der Waals surface area contributed by atoms with Gasteiger partial charge in [-0.3, -0.25) is 14.5 Å². The summed E-state index contributed by atoms with van der Waals surface area (Å²) in [7, 11) is 1.65. The molecule has 0 saturated carbocycles. The van der Waals surface area contributed by atoms with Gasteiger partial charge in [0.2, 0.25) is 11.8 Å². The Morgan fingerprint density at radius 1 is 1.19 bits per heavy atom. The molecule has 2 N–H and O–H groups in total. The minimum absolute atomic E-state index is 0.0382. The van der Waals surface area contributed by atoms with Gasteiger partial charge in [-0.05, 0) is 25.9 Å². The van der Waals surface area contributed by atoms with Gasteiger partial charge in [0.1, 0.15) is 0 Å². The van der Waals surface area contributed by atoms with E-state index in [-0.39, 0.29) is 11.8 Å². The summed E-state index contributed by atoms with van der Waals surface area (Å²) in [5, 5.41) is 6.61. The molecule has 0 aromatic rings. The van der Waals surface area contributed by atoms with Crippen LogP contribution in [0.1, 0.15) is 12.8 Å². The molecule has 0 radical (unpaired) electrons. The average molecular weight is 314 g/mol. The molecule has 2 aliphatic rings. The van der Waals surface area contributed by atoms with Crippen molar-refractivity contribution in [1.82, 2.24) is 20.4 Å². The number of nitrogens with one attached hydrogen (secondary N) is 2. The molecule has 0 aromatic heterocycles. The fourth-order valence-electron chi connectivity index (χ4n) is 2.68. The first-order valence-corrected chi connectivity index (χ1v) is 8.77. The third-order valence-corrected chi connectivity index (χ3v) is 5.46. The minimum atomic E-state index is 0.0382. The summed E-state index contributed by atoms with van der Waals surface area (Å²) in [6.45, 7) is 5.63. The third kappa shape index (κ3) is 5.48. The second-order valence-corrected chi connectivity index (χ2v) is 6.88. The van der Waals surface area contributed by atoms with Crippen LogP contribution in [0.2, 0.25) is 0 Å². The first-order valence-electron chi connectivity index (χ1n) is 7.72. The molecule has 2 amide bonds. The van der Waals surface area contributed by atoms with Gasteiger partial charge >= 0.3 is 0 Å². The number of hydrogen-bond donors (Lipinski definition) is 2. The van der Waals surface area contributed by atoms with E-state index in [1.807, 2.05) is 4.90 Å². The van der Waals surface area contributed by atoms with Crippen molar-refractivity contribution in [2.45, 2.75) is 18.1 Å². The van der Waals surface area contributed by atoms with E-state index in [0.717, 1.165) is 52.1 Å². The van der Waals surface area contributed by atoms with Crippen molar-refractivity contribution in [2.75, 3.05) is 58.6 Å². The Hall–Kier alpha value is -0.790. The second-order valence-electron chi connectivity index (χ2n) is 5.59. The number of rotatable bonds is 5. The highest BCUT2D eigenvalue weighted by Gasteiger charge is 2.23. The van der Waals surface area contributed by atoms with Crippen LogP contribution < -0.4 is 10.6 Å². The number of carbonyl (C=O) groups is 2. The molecule has 2 fully saturated rings. The number of thioether (sulfide) groups is 1. The lowest BCUT2D eigenvalue weighted by atomic mass is 10.2. The van der Waals surface area contributed by atoms with Crippen molar-refractivity contribution in [3.8, 4) is 0 Å². The maximum Gasteiger partial charge on any atom is 0.233 e. The number of carbonyl (C=O) groups excluding carboxylic acids is 2. The zero-order chi connectivity index (χ0) is 15.1. The van der Waals surface area contributed by atoms with Crippen molar-refractivity contribution >= 4 is 23.6 Å². The zero-order valence-electron chi connectivity index (χ0n) is 12.8. The molecule has 2 aliphatic heterocycles. The summed E-state index contributed by atoms with van der Waals surface area (Å²) in [5.74, 6) is 0.884. The lowest BCUT2D eigenvalue weighted by Crippen LogP contribution is -2.51. The van der Waals surface area contributed by atoms with Crippen molar-refractivity contribution in [3.05, 3.63) is 0 Å². The molecule has 21 heavy (non-hydrogen) atoms. The number of hydrogen-bond acceptors (Lipinski definition) is 5. The van der Waals surface area contributed by atoms with Crippen molar-refractivity contribution in [2.24, 2.45) is 0 Å². The van der Waals surface area contributed by atoms with Gasteiger partial charge in [-0.15, -0.1) is 11.8 Å². The summed E-state index contributed by atoms with van der Waals surface area (Å²) in [6, 6.07) is 0. The standard InChI is InChI=1S/C14H26N4O2S/c1-15-13(19)10-17-6-8-18(9-7-17)14(20)11-21-12-2-4-16-5-3-12/h12,16H,2-11H2,1H3,(H,15,19). The van der Waals surface area contributed by atoms with Crippen LogP contribution in [0.15, 0.2) is 0 Å². The summed E-state index contributed by atoms with van der Waals surface area (Å²) < 4.78 is 0. The van der Waals surface area contributed by atoms with Crippen LogP contribution in [0.3, 0.4) is 0 Å². The molecule has 0 spiro atoms. The molecule has 2 heterocycles. The highest BCUT2D eigenvalue weighted by molar-refractivity contribution is 8.00. The second kappa shape index (κ2) is 8.60. The van der Waals surface area contributed by atoms with Crippen LogP contribution in [-0.2, 0) is 9.59 Å². The lowest BCUT2D eigenvalue weighted by Gasteiger charge is -2.34. The van der Waals surface area contributed by atoms with Crippen LogP contribution in [0.25, 0.3) is 0 Å². The van der Waals surface area contributed by atoms with E-state index in [2.05, 4.69) is 15.5 Å². The summed E-state index contributed by atoms with van der Waals surface area (Å²) in [5.41, 5.74) is 0. The summed E-state index contributed by atoms with van der Waals surface area (Å²) in [4.78, 5) is 27.6. The van der Waals surface area contributed by atoms with Crippen LogP contribution in [-0.4, -0.2) is 85.5 Å². The van der Waals surface area contributed by atoms with Gasteiger partial charge in [0.15, 0.2) is 0 Å². The Morgan fingerprint density at radius 2 is 1.86 bits per heavy atom. The molecule has 0 unspecified atom stereocenters. The number of amides is 2. The highest BCUT2D eigenvalue weighted by Crippen LogP contribution is 2.20. The van der Waals surface area contributed by atoms with Crippen LogP contribution in [0, 0.1) is 0 Å². The Balaban J connectivity index is 1.64. The van der Waals surface area contributed by atoms with E-state index in [4.69, 9.17) is 0 Å². The van der Waals surface area contributed by atoms with Crippen molar-refractivity contribution < 1.29 is 9.59 Å². The molecular formula is C14H26N4O2S. The monoisotopic (exact) mass is 314 g/mol. The topological polar surface area (TPSA) is 64.7 Å². The van der Waals surface area contributed by atoms with Crippen molar-refractivity contribution in [3.63, 3.8) is 0 Å². The first kappa shape index (κ1) is 16.6. The Labute approximate surface area is 131 Å². The van der Waals surface area contributed by atoms with Crippen LogP contribution >= 0.6 is 11.8 Å². The molecule has 2 rings (SSSR count). The van der Waals surface area contributed by atoms with Gasteiger partial charge in [-0.2, -0.15) is 0 Å². The third-order valence-electron chi connectivity index (χ3n) is 4.10. The maximum absolute atomic E-state index is 12.2. The normalized spacial score (nSPS) is 21.3. The number of nitrogens with zero attached hydrogens (tertiary/aromatic N) is 2. The van der Waals surface area contributed by atoms with E-state index in [1.54, 1.807) is 18.8 Å². The van der Waals surface area contributed by atoms with E-state index < -0.39 is 0 Å². The fourth-order valence-corrected chi connectivity index (χ4v) is 3.81. The SMILES string of the molecule is CNC(=O)CN1CCN(C(=O)CSC2CCNCC2)CC1. The largest absolute Gasteiger partial charge is 0.358 e. The summed E-state index contributed by atoms with van der Waals surface area (Å²) >= 11 is 1.81. The zero-order valence-corrected chi connectivity index (χ0v) is 13.6. The molecule has 0 bridgehead atoms. The number of piperidine rings is 1. The van der Waals surface area contributed by atoms with Crippen molar-refractivity contribution in [1.29, 1.82) is 0 Å². The van der Waals surface area contributed by atoms with Gasteiger partial charge in [0.25, 0.3) is 0 Å². The quantitative estimate of drug-likeness (QED) is 0.707. The van der Waals surface area contributed by atoms with Gasteiger partial charge in [-0.1, -0.05) is 0 Å². The molecule has 0 atom stereocenters. The molecule has 0 aromatic carbocycles. The van der Waals surface area contributed by atoms with E-state index in [1.165, 1.54) is 0 Å². The Morgan fingerprint density at radius 3 is 2.48 bits per heavy atom. The molecular weight excluding hydrogens is 288 g/mol. The Bertz CT molecular complexity index is 353. The van der Waals surface area contributed by atoms with E-state index >= 15 is 0 Å². The first-order chi connectivity index (χ1) is 10.2. The Kier molecular flexibility index (Phi) is 6.79. The fraction of sp³-hybridized carbons (Fsp3) is 0.857. The lowest BCUT2D eigenvalue weighted by molar-refractivity contribution is -0.130. The predicted octanol–water partition coefficient (Wildman–Crippen LogP) is -0.638. The average Bonchev–Trinajstić information content (AvgIpc) is 2.54. The smallest absolute Gasteiger partial charge is 0.233 e. The van der Waals surface area contributed by atoms with E-state index in [0.29, 0.717) is 17.5 Å². The van der Waals surface area contributed by atoms with E-state index in [9.17, 15) is 9.59 Å². The summed E-state index contributed by atoms with van der Waals surface area (Å²) in [6.07, 6.45) is 2.33. The van der Waals surface area contributed by atoms with Gasteiger partial charge in [-0.25, -0.2) is 0 Å². The maximum atomic E-state index is 12.2. The van der Waals surface area contributed by atoms with Gasteiger partial charge in [0, 0.05) is 38.5 Å².